The number of hydrogen-bond acceptors (Lipinski definition) is 5. The van der Waals surface area contributed by atoms with E-state index in [0.717, 1.165) is 22.5 Å². The highest BCUT2D eigenvalue weighted by Gasteiger charge is 2.17. The van der Waals surface area contributed by atoms with Gasteiger partial charge in [-0.25, -0.2) is 4.99 Å². The summed E-state index contributed by atoms with van der Waals surface area (Å²) in [5.41, 5.74) is 6.81. The number of thioether (sulfide) groups is 1. The van der Waals surface area contributed by atoms with E-state index in [1.807, 2.05) is 31.2 Å². The Kier molecular flexibility index (Phi) is 5.06. The van der Waals surface area contributed by atoms with Crippen molar-refractivity contribution >= 4 is 45.6 Å². The van der Waals surface area contributed by atoms with Gasteiger partial charge in [0.2, 0.25) is 0 Å². The van der Waals surface area contributed by atoms with Crippen molar-refractivity contribution in [2.24, 2.45) is 10.1 Å². The molecule has 1 heterocycles. The first-order valence-electron chi connectivity index (χ1n) is 7.50. The lowest BCUT2D eigenvalue weighted by molar-refractivity contribution is -0.385. The number of nitrogens with zero attached hydrogens (tertiary/aromatic N) is 3. The minimum absolute atomic E-state index is 0.0965. The average molecular weight is 375 g/mol. The van der Waals surface area contributed by atoms with E-state index in [1.54, 1.807) is 19.1 Å². The van der Waals surface area contributed by atoms with Gasteiger partial charge in [0.25, 0.3) is 5.69 Å². The Bertz CT molecular complexity index is 912. The summed E-state index contributed by atoms with van der Waals surface area (Å²) in [5.74, 6) is 0.575. The summed E-state index contributed by atoms with van der Waals surface area (Å²) in [6.45, 7) is 3.63. The molecule has 8 heteroatoms. The monoisotopic (exact) mass is 374 g/mol. The third kappa shape index (κ3) is 3.83. The smallest absolute Gasteiger partial charge is 0.258 e. The van der Waals surface area contributed by atoms with Crippen molar-refractivity contribution in [1.82, 2.24) is 5.43 Å². The van der Waals surface area contributed by atoms with Crippen LogP contribution in [0, 0.1) is 24.0 Å². The molecule has 0 unspecified atom stereocenters. The number of nitrogens with one attached hydrogen (secondary N) is 1. The predicted octanol–water partition coefficient (Wildman–Crippen LogP) is 4.59. The van der Waals surface area contributed by atoms with Crippen LogP contribution in [0.5, 0.6) is 0 Å². The zero-order valence-electron chi connectivity index (χ0n) is 13.6. The van der Waals surface area contributed by atoms with Gasteiger partial charge in [0, 0.05) is 28.0 Å². The van der Waals surface area contributed by atoms with Crippen molar-refractivity contribution < 1.29 is 4.92 Å². The third-order valence-corrected chi connectivity index (χ3v) is 5.12. The molecule has 6 nitrogen and oxygen atoms in total. The predicted molar refractivity (Wildman–Crippen MR) is 103 cm³/mol. The Morgan fingerprint density at radius 2 is 2.12 bits per heavy atom. The first-order valence-corrected chi connectivity index (χ1v) is 8.86. The molecule has 3 rings (SSSR count). The van der Waals surface area contributed by atoms with Gasteiger partial charge in [-0.3, -0.25) is 15.5 Å². The van der Waals surface area contributed by atoms with Gasteiger partial charge < -0.3 is 0 Å². The van der Waals surface area contributed by atoms with Crippen LogP contribution in [0.15, 0.2) is 46.5 Å². The molecule has 0 aromatic heterocycles. The number of aliphatic imine (C=N–C) groups is 1. The molecule has 0 bridgehead atoms. The van der Waals surface area contributed by atoms with Crippen LogP contribution < -0.4 is 5.43 Å². The molecule has 0 aliphatic carbocycles. The summed E-state index contributed by atoms with van der Waals surface area (Å²) in [7, 11) is 0. The number of benzene rings is 2. The summed E-state index contributed by atoms with van der Waals surface area (Å²) < 4.78 is 0. The van der Waals surface area contributed by atoms with E-state index in [1.165, 1.54) is 11.8 Å². The van der Waals surface area contributed by atoms with Crippen molar-refractivity contribution in [3.63, 3.8) is 0 Å². The molecule has 0 spiro atoms. The highest BCUT2D eigenvalue weighted by molar-refractivity contribution is 8.14. The molecular formula is C17H15ClN4O2S. The summed E-state index contributed by atoms with van der Waals surface area (Å²) in [6, 6.07) is 10.7. The van der Waals surface area contributed by atoms with Crippen LogP contribution >= 0.6 is 23.4 Å². The summed E-state index contributed by atoms with van der Waals surface area (Å²) in [5, 5.41) is 16.7. The number of nitro benzene ring substituents is 1. The minimum atomic E-state index is -0.377. The molecule has 0 radical (unpaired) electrons. The number of rotatable bonds is 3. The van der Waals surface area contributed by atoms with Gasteiger partial charge in [-0.2, -0.15) is 5.10 Å². The molecule has 1 aliphatic heterocycles. The topological polar surface area (TPSA) is 79.9 Å². The normalized spacial score (nSPS) is 15.6. The van der Waals surface area contributed by atoms with Gasteiger partial charge >= 0.3 is 0 Å². The Hall–Kier alpha value is -2.38. The van der Waals surface area contributed by atoms with Crippen LogP contribution in [0.4, 0.5) is 11.4 Å². The lowest BCUT2D eigenvalue weighted by Crippen LogP contribution is -2.25. The zero-order valence-corrected chi connectivity index (χ0v) is 15.2. The second-order valence-electron chi connectivity index (χ2n) is 5.52. The largest absolute Gasteiger partial charge is 0.272 e. The maximum atomic E-state index is 11.1. The highest BCUT2D eigenvalue weighted by Crippen LogP contribution is 2.27. The van der Waals surface area contributed by atoms with E-state index in [4.69, 9.17) is 11.6 Å². The average Bonchev–Trinajstić information content (AvgIpc) is 2.60. The Morgan fingerprint density at radius 1 is 1.32 bits per heavy atom. The van der Waals surface area contributed by atoms with E-state index in [2.05, 4.69) is 15.5 Å². The van der Waals surface area contributed by atoms with Crippen molar-refractivity contribution in [2.45, 2.75) is 13.8 Å². The SMILES string of the molecule is Cc1ccc(C2=NNC(=Nc3cccc(Cl)c3C)SC2)cc1[N+](=O)[O-]. The minimum Gasteiger partial charge on any atom is -0.258 e. The lowest BCUT2D eigenvalue weighted by Gasteiger charge is -2.15. The zero-order chi connectivity index (χ0) is 18.0. The molecule has 2 aromatic rings. The molecule has 0 saturated heterocycles. The van der Waals surface area contributed by atoms with Crippen LogP contribution in [-0.4, -0.2) is 21.6 Å². The fourth-order valence-electron chi connectivity index (χ4n) is 2.33. The Balaban J connectivity index is 1.83. The number of nitro groups is 1. The molecule has 0 fully saturated rings. The molecule has 0 saturated carbocycles. The standard InChI is InChI=1S/C17H15ClN4O2S/c1-10-6-7-12(8-16(10)22(23)24)15-9-25-17(21-20-15)19-14-5-3-4-13(18)11(14)2/h3-8H,9H2,1-2H3,(H,19,21). The number of halogens is 1. The van der Waals surface area contributed by atoms with Crippen molar-refractivity contribution in [1.29, 1.82) is 0 Å². The Labute approximate surface area is 154 Å². The molecule has 0 amide bonds. The van der Waals surface area contributed by atoms with E-state index in [-0.39, 0.29) is 10.6 Å². The van der Waals surface area contributed by atoms with Crippen LogP contribution in [0.2, 0.25) is 5.02 Å². The highest BCUT2D eigenvalue weighted by atomic mass is 35.5. The van der Waals surface area contributed by atoms with Crippen molar-refractivity contribution in [3.8, 4) is 0 Å². The molecule has 1 aliphatic rings. The van der Waals surface area contributed by atoms with Gasteiger partial charge in [-0.1, -0.05) is 41.6 Å². The number of hydrogen-bond donors (Lipinski definition) is 1. The van der Waals surface area contributed by atoms with E-state index >= 15 is 0 Å². The Morgan fingerprint density at radius 3 is 2.80 bits per heavy atom. The van der Waals surface area contributed by atoms with Crippen LogP contribution in [-0.2, 0) is 0 Å². The van der Waals surface area contributed by atoms with E-state index < -0.39 is 0 Å². The first kappa shape index (κ1) is 17.4. The number of hydrazone groups is 1. The maximum absolute atomic E-state index is 11.1. The lowest BCUT2D eigenvalue weighted by atomic mass is 10.1. The maximum Gasteiger partial charge on any atom is 0.272 e. The second kappa shape index (κ2) is 7.25. The van der Waals surface area contributed by atoms with Gasteiger partial charge in [0.05, 0.1) is 16.3 Å². The van der Waals surface area contributed by atoms with Crippen molar-refractivity contribution in [3.05, 3.63) is 68.2 Å². The molecule has 2 aromatic carbocycles. The van der Waals surface area contributed by atoms with Crippen molar-refractivity contribution in [2.75, 3.05) is 5.75 Å². The molecule has 0 atom stereocenters. The fraction of sp³-hybridized carbons (Fsp3) is 0.176. The third-order valence-electron chi connectivity index (χ3n) is 3.83. The number of amidine groups is 1. The summed E-state index contributed by atoms with van der Waals surface area (Å²) in [6.07, 6.45) is 0. The quantitative estimate of drug-likeness (QED) is 0.629. The van der Waals surface area contributed by atoms with Gasteiger partial charge in [0.15, 0.2) is 5.17 Å². The van der Waals surface area contributed by atoms with E-state index in [0.29, 0.717) is 21.5 Å². The van der Waals surface area contributed by atoms with Crippen LogP contribution in [0.1, 0.15) is 16.7 Å². The number of aryl methyl sites for hydroxylation is 1. The van der Waals surface area contributed by atoms with Gasteiger partial charge in [-0.05, 0) is 31.5 Å². The molecule has 25 heavy (non-hydrogen) atoms. The van der Waals surface area contributed by atoms with Gasteiger partial charge in [-0.15, -0.1) is 0 Å². The first-order chi connectivity index (χ1) is 12.0. The van der Waals surface area contributed by atoms with Crippen LogP contribution in [0.3, 0.4) is 0 Å². The van der Waals surface area contributed by atoms with Gasteiger partial charge in [0.1, 0.15) is 0 Å². The van der Waals surface area contributed by atoms with E-state index in [9.17, 15) is 10.1 Å². The van der Waals surface area contributed by atoms with Crippen LogP contribution in [0.25, 0.3) is 0 Å². The fourth-order valence-corrected chi connectivity index (χ4v) is 3.28. The second-order valence-corrected chi connectivity index (χ2v) is 6.89. The molecule has 1 N–H and O–H groups in total. The molecule has 128 valence electrons. The summed E-state index contributed by atoms with van der Waals surface area (Å²) in [4.78, 5) is 15.2. The molecular weight excluding hydrogens is 360 g/mol. The summed E-state index contributed by atoms with van der Waals surface area (Å²) >= 11 is 7.60.